The SMILES string of the molecule is Cc1ccc(S(=O)(=O)N2CC(C)O[C@@H](C)C2)cc1. The van der Waals surface area contributed by atoms with Crippen LogP contribution in [0.15, 0.2) is 29.2 Å². The van der Waals surface area contributed by atoms with Crippen LogP contribution in [0, 0.1) is 6.92 Å². The number of benzene rings is 1. The lowest BCUT2D eigenvalue weighted by atomic mass is 10.2. The Bertz CT molecular complexity index is 500. The first-order valence-electron chi connectivity index (χ1n) is 6.12. The largest absolute Gasteiger partial charge is 0.373 e. The van der Waals surface area contributed by atoms with Crippen molar-refractivity contribution >= 4 is 10.0 Å². The van der Waals surface area contributed by atoms with E-state index >= 15 is 0 Å². The lowest BCUT2D eigenvalue weighted by molar-refractivity contribution is -0.0440. The Balaban J connectivity index is 2.28. The Morgan fingerprint density at radius 2 is 1.61 bits per heavy atom. The van der Waals surface area contributed by atoms with Crippen LogP contribution in [0.1, 0.15) is 19.4 Å². The van der Waals surface area contributed by atoms with Gasteiger partial charge in [0.1, 0.15) is 0 Å². The quantitative estimate of drug-likeness (QED) is 0.822. The van der Waals surface area contributed by atoms with E-state index in [4.69, 9.17) is 4.74 Å². The normalized spacial score (nSPS) is 26.2. The van der Waals surface area contributed by atoms with Gasteiger partial charge in [0.25, 0.3) is 0 Å². The van der Waals surface area contributed by atoms with Gasteiger partial charge in [-0.2, -0.15) is 4.31 Å². The second-order valence-corrected chi connectivity index (χ2v) is 6.83. The molecule has 1 heterocycles. The second kappa shape index (κ2) is 4.99. The molecule has 0 saturated carbocycles. The first kappa shape index (κ1) is 13.5. The van der Waals surface area contributed by atoms with Crippen LogP contribution >= 0.6 is 0 Å². The topological polar surface area (TPSA) is 46.6 Å². The molecule has 0 amide bonds. The third-order valence-corrected chi connectivity index (χ3v) is 4.89. The third-order valence-electron chi connectivity index (χ3n) is 3.04. The molecule has 1 aliphatic rings. The first-order chi connectivity index (χ1) is 8.39. The van der Waals surface area contributed by atoms with Crippen molar-refractivity contribution in [2.45, 2.75) is 37.9 Å². The molecule has 0 spiro atoms. The van der Waals surface area contributed by atoms with Crippen molar-refractivity contribution in [2.75, 3.05) is 13.1 Å². The van der Waals surface area contributed by atoms with E-state index < -0.39 is 10.0 Å². The number of rotatable bonds is 2. The number of hydrogen-bond donors (Lipinski definition) is 0. The van der Waals surface area contributed by atoms with Gasteiger partial charge < -0.3 is 4.74 Å². The fourth-order valence-corrected chi connectivity index (χ4v) is 3.78. The molecule has 1 fully saturated rings. The molecule has 0 radical (unpaired) electrons. The summed E-state index contributed by atoms with van der Waals surface area (Å²) in [4.78, 5) is 0.356. The highest BCUT2D eigenvalue weighted by atomic mass is 32.2. The maximum Gasteiger partial charge on any atom is 0.243 e. The highest BCUT2D eigenvalue weighted by Crippen LogP contribution is 2.21. The summed E-state index contributed by atoms with van der Waals surface area (Å²) >= 11 is 0. The van der Waals surface area contributed by atoms with Crippen LogP contribution in [0.4, 0.5) is 0 Å². The van der Waals surface area contributed by atoms with Crippen molar-refractivity contribution < 1.29 is 13.2 Å². The van der Waals surface area contributed by atoms with Gasteiger partial charge in [0.15, 0.2) is 0 Å². The van der Waals surface area contributed by atoms with Gasteiger partial charge in [-0.1, -0.05) is 17.7 Å². The van der Waals surface area contributed by atoms with Crippen LogP contribution in [0.2, 0.25) is 0 Å². The van der Waals surface area contributed by atoms with Crippen LogP contribution in [-0.4, -0.2) is 38.0 Å². The van der Waals surface area contributed by atoms with Gasteiger partial charge in [-0.05, 0) is 32.9 Å². The molecular formula is C13H19NO3S. The van der Waals surface area contributed by atoms with Gasteiger partial charge in [0.05, 0.1) is 17.1 Å². The number of morpholine rings is 1. The number of nitrogens with zero attached hydrogens (tertiary/aromatic N) is 1. The third kappa shape index (κ3) is 2.74. The van der Waals surface area contributed by atoms with Gasteiger partial charge in [-0.3, -0.25) is 0 Å². The second-order valence-electron chi connectivity index (χ2n) is 4.89. The van der Waals surface area contributed by atoms with Gasteiger partial charge >= 0.3 is 0 Å². The molecule has 5 heteroatoms. The minimum Gasteiger partial charge on any atom is -0.373 e. The molecule has 1 unspecified atom stereocenters. The van der Waals surface area contributed by atoms with Crippen molar-refractivity contribution in [3.63, 3.8) is 0 Å². The summed E-state index contributed by atoms with van der Waals surface area (Å²) in [6.07, 6.45) is -0.122. The molecule has 0 bridgehead atoms. The molecule has 2 atom stereocenters. The Kier molecular flexibility index (Phi) is 3.75. The van der Waals surface area contributed by atoms with Crippen molar-refractivity contribution in [1.82, 2.24) is 4.31 Å². The van der Waals surface area contributed by atoms with E-state index in [1.165, 1.54) is 4.31 Å². The van der Waals surface area contributed by atoms with Crippen LogP contribution in [0.3, 0.4) is 0 Å². The zero-order chi connectivity index (χ0) is 13.3. The smallest absolute Gasteiger partial charge is 0.243 e. The van der Waals surface area contributed by atoms with Crippen molar-refractivity contribution in [1.29, 1.82) is 0 Å². The average molecular weight is 269 g/mol. The number of aryl methyl sites for hydroxylation is 1. The van der Waals surface area contributed by atoms with E-state index in [1.54, 1.807) is 12.1 Å². The van der Waals surface area contributed by atoms with E-state index in [0.717, 1.165) is 5.56 Å². The molecule has 1 aromatic rings. The first-order valence-corrected chi connectivity index (χ1v) is 7.56. The predicted octanol–water partition coefficient (Wildman–Crippen LogP) is 1.79. The Morgan fingerprint density at radius 1 is 1.11 bits per heavy atom. The maximum atomic E-state index is 12.5. The number of hydrogen-bond acceptors (Lipinski definition) is 3. The van der Waals surface area contributed by atoms with E-state index in [0.29, 0.717) is 18.0 Å². The summed E-state index contributed by atoms with van der Waals surface area (Å²) in [7, 11) is -3.39. The zero-order valence-corrected chi connectivity index (χ0v) is 11.8. The summed E-state index contributed by atoms with van der Waals surface area (Å²) < 4.78 is 32.0. The van der Waals surface area contributed by atoms with Crippen LogP contribution in [0.25, 0.3) is 0 Å². The standard InChI is InChI=1S/C13H19NO3S/c1-10-4-6-13(7-5-10)18(15,16)14-8-11(2)17-12(3)9-14/h4-7,11-12H,8-9H2,1-3H3/t11-,12?/m0/s1. The van der Waals surface area contributed by atoms with E-state index in [-0.39, 0.29) is 12.2 Å². The summed E-state index contributed by atoms with van der Waals surface area (Å²) in [5.41, 5.74) is 1.05. The van der Waals surface area contributed by atoms with Crippen molar-refractivity contribution in [3.8, 4) is 0 Å². The lowest BCUT2D eigenvalue weighted by Gasteiger charge is -2.34. The van der Waals surface area contributed by atoms with Gasteiger partial charge in [0, 0.05) is 13.1 Å². The summed E-state index contributed by atoms with van der Waals surface area (Å²) in [6.45, 7) is 6.57. The Morgan fingerprint density at radius 3 is 2.11 bits per heavy atom. The summed E-state index contributed by atoms with van der Waals surface area (Å²) in [5, 5.41) is 0. The van der Waals surface area contributed by atoms with Crippen molar-refractivity contribution in [2.24, 2.45) is 0 Å². The fourth-order valence-electron chi connectivity index (χ4n) is 2.19. The Hall–Kier alpha value is -0.910. The molecule has 1 saturated heterocycles. The molecule has 0 aromatic heterocycles. The van der Waals surface area contributed by atoms with E-state index in [9.17, 15) is 8.42 Å². The number of sulfonamides is 1. The molecule has 4 nitrogen and oxygen atoms in total. The maximum absolute atomic E-state index is 12.5. The molecule has 100 valence electrons. The highest BCUT2D eigenvalue weighted by molar-refractivity contribution is 7.89. The lowest BCUT2D eigenvalue weighted by Crippen LogP contribution is -2.48. The van der Waals surface area contributed by atoms with Crippen LogP contribution in [-0.2, 0) is 14.8 Å². The Labute approximate surface area is 109 Å². The van der Waals surface area contributed by atoms with Crippen LogP contribution in [0.5, 0.6) is 0 Å². The fraction of sp³-hybridized carbons (Fsp3) is 0.538. The molecule has 2 rings (SSSR count). The summed E-state index contributed by atoms with van der Waals surface area (Å²) in [5.74, 6) is 0. The van der Waals surface area contributed by atoms with E-state index in [2.05, 4.69) is 0 Å². The molecule has 0 N–H and O–H groups in total. The molecular weight excluding hydrogens is 250 g/mol. The molecule has 18 heavy (non-hydrogen) atoms. The van der Waals surface area contributed by atoms with Gasteiger partial charge in [-0.15, -0.1) is 0 Å². The van der Waals surface area contributed by atoms with Crippen molar-refractivity contribution in [3.05, 3.63) is 29.8 Å². The average Bonchev–Trinajstić information content (AvgIpc) is 2.28. The monoisotopic (exact) mass is 269 g/mol. The zero-order valence-electron chi connectivity index (χ0n) is 11.0. The molecule has 1 aromatic carbocycles. The number of ether oxygens (including phenoxy) is 1. The minimum atomic E-state index is -3.39. The summed E-state index contributed by atoms with van der Waals surface area (Å²) in [6, 6.07) is 6.96. The highest BCUT2D eigenvalue weighted by Gasteiger charge is 2.31. The van der Waals surface area contributed by atoms with Gasteiger partial charge in [0.2, 0.25) is 10.0 Å². The van der Waals surface area contributed by atoms with Gasteiger partial charge in [-0.25, -0.2) is 8.42 Å². The predicted molar refractivity (Wildman–Crippen MR) is 69.9 cm³/mol. The van der Waals surface area contributed by atoms with E-state index in [1.807, 2.05) is 32.9 Å². The molecule has 0 aliphatic carbocycles. The van der Waals surface area contributed by atoms with Crippen LogP contribution < -0.4 is 0 Å². The molecule has 1 aliphatic heterocycles. The minimum absolute atomic E-state index is 0.0611.